The third kappa shape index (κ3) is 2.23. The predicted octanol–water partition coefficient (Wildman–Crippen LogP) is 3.09. The zero-order chi connectivity index (χ0) is 11.5. The summed E-state index contributed by atoms with van der Waals surface area (Å²) in [5.74, 6) is 0. The van der Waals surface area contributed by atoms with Gasteiger partial charge in [-0.2, -0.15) is 0 Å². The van der Waals surface area contributed by atoms with Crippen molar-refractivity contribution in [1.82, 2.24) is 4.98 Å². The largest absolute Gasteiger partial charge is 0.320 e. The molecule has 1 atom stereocenters. The molecule has 0 aliphatic heterocycles. The first-order valence-electron chi connectivity index (χ1n) is 5.10. The lowest BCUT2D eigenvalue weighted by Gasteiger charge is -2.14. The van der Waals surface area contributed by atoms with Crippen molar-refractivity contribution in [3.63, 3.8) is 0 Å². The normalized spacial score (nSPS) is 12.4. The summed E-state index contributed by atoms with van der Waals surface area (Å²) in [5, 5.41) is 0.705. The smallest absolute Gasteiger partial charge is 0.0581 e. The van der Waals surface area contributed by atoms with E-state index >= 15 is 0 Å². The van der Waals surface area contributed by atoms with E-state index in [1.165, 1.54) is 0 Å². The van der Waals surface area contributed by atoms with Crippen LogP contribution in [-0.2, 0) is 0 Å². The summed E-state index contributed by atoms with van der Waals surface area (Å²) in [6, 6.07) is 9.51. The highest BCUT2D eigenvalue weighted by molar-refractivity contribution is 6.31. The van der Waals surface area contributed by atoms with Gasteiger partial charge in [0.2, 0.25) is 0 Å². The summed E-state index contributed by atoms with van der Waals surface area (Å²) < 4.78 is 0. The lowest BCUT2D eigenvalue weighted by Crippen LogP contribution is -2.12. The molecule has 82 valence electrons. The van der Waals surface area contributed by atoms with Gasteiger partial charge in [0.15, 0.2) is 0 Å². The van der Waals surface area contributed by atoms with E-state index in [2.05, 4.69) is 4.98 Å². The van der Waals surface area contributed by atoms with Gasteiger partial charge in [-0.3, -0.25) is 4.98 Å². The van der Waals surface area contributed by atoms with Crippen LogP contribution in [0.1, 0.15) is 22.7 Å². The lowest BCUT2D eigenvalue weighted by atomic mass is 10.00. The zero-order valence-corrected chi connectivity index (χ0v) is 9.78. The number of aryl methyl sites for hydroxylation is 1. The van der Waals surface area contributed by atoms with E-state index in [9.17, 15) is 0 Å². The van der Waals surface area contributed by atoms with Crippen LogP contribution in [0.25, 0.3) is 0 Å². The first kappa shape index (κ1) is 11.1. The van der Waals surface area contributed by atoms with E-state index in [1.807, 2.05) is 37.3 Å². The average molecular weight is 233 g/mol. The van der Waals surface area contributed by atoms with Crippen molar-refractivity contribution in [2.24, 2.45) is 5.73 Å². The fraction of sp³-hybridized carbons (Fsp3) is 0.154. The van der Waals surface area contributed by atoms with Crippen molar-refractivity contribution < 1.29 is 0 Å². The Hall–Kier alpha value is -1.38. The van der Waals surface area contributed by atoms with Gasteiger partial charge in [-0.05, 0) is 35.7 Å². The minimum Gasteiger partial charge on any atom is -0.320 e. The minimum absolute atomic E-state index is 0.221. The third-order valence-corrected chi connectivity index (χ3v) is 2.86. The number of hydrogen-bond acceptors (Lipinski definition) is 2. The maximum absolute atomic E-state index is 6.17. The maximum Gasteiger partial charge on any atom is 0.0581 e. The van der Waals surface area contributed by atoms with Crippen LogP contribution in [0.2, 0.25) is 5.02 Å². The second-order valence-electron chi connectivity index (χ2n) is 3.79. The molecule has 0 fully saturated rings. The van der Waals surface area contributed by atoms with Crippen LogP contribution in [-0.4, -0.2) is 4.98 Å². The number of nitrogens with two attached hydrogens (primary N) is 1. The fourth-order valence-electron chi connectivity index (χ4n) is 1.62. The van der Waals surface area contributed by atoms with Gasteiger partial charge in [-0.15, -0.1) is 0 Å². The van der Waals surface area contributed by atoms with Crippen molar-refractivity contribution >= 4 is 11.6 Å². The Morgan fingerprint density at radius 1 is 1.31 bits per heavy atom. The molecule has 0 radical (unpaired) electrons. The molecule has 1 aromatic heterocycles. The molecule has 0 saturated carbocycles. The summed E-state index contributed by atoms with van der Waals surface area (Å²) in [5.41, 5.74) is 9.17. The van der Waals surface area contributed by atoms with E-state index < -0.39 is 0 Å². The molecule has 2 nitrogen and oxygen atoms in total. The van der Waals surface area contributed by atoms with Crippen molar-refractivity contribution in [1.29, 1.82) is 0 Å². The van der Waals surface area contributed by atoms with Gasteiger partial charge in [0.1, 0.15) is 0 Å². The summed E-state index contributed by atoms with van der Waals surface area (Å²) in [4.78, 5) is 4.06. The zero-order valence-electron chi connectivity index (χ0n) is 9.02. The molecule has 1 aromatic carbocycles. The Bertz CT molecular complexity index is 483. The number of hydrogen-bond donors (Lipinski definition) is 1. The van der Waals surface area contributed by atoms with Crippen LogP contribution < -0.4 is 5.73 Å². The molecule has 0 aliphatic rings. The first-order valence-corrected chi connectivity index (χ1v) is 5.48. The Balaban J connectivity index is 2.38. The minimum atomic E-state index is -0.221. The maximum atomic E-state index is 6.17. The van der Waals surface area contributed by atoms with Crippen molar-refractivity contribution in [2.45, 2.75) is 13.0 Å². The second-order valence-corrected chi connectivity index (χ2v) is 4.20. The van der Waals surface area contributed by atoms with Gasteiger partial charge in [-0.25, -0.2) is 0 Å². The van der Waals surface area contributed by atoms with Gasteiger partial charge < -0.3 is 5.73 Å². The molecular formula is C13H13ClN2. The SMILES string of the molecule is Cc1ccc(C(N)c2cccnc2)c(Cl)c1. The van der Waals surface area contributed by atoms with Crippen LogP contribution in [0.3, 0.4) is 0 Å². The molecule has 16 heavy (non-hydrogen) atoms. The van der Waals surface area contributed by atoms with Crippen LogP contribution in [0.4, 0.5) is 0 Å². The quantitative estimate of drug-likeness (QED) is 0.864. The van der Waals surface area contributed by atoms with Crippen LogP contribution in [0.5, 0.6) is 0 Å². The molecule has 1 heterocycles. The average Bonchev–Trinajstić information content (AvgIpc) is 2.29. The summed E-state index contributed by atoms with van der Waals surface area (Å²) in [6.45, 7) is 2.01. The van der Waals surface area contributed by atoms with Gasteiger partial charge in [-0.1, -0.05) is 29.8 Å². The second kappa shape index (κ2) is 4.64. The predicted molar refractivity (Wildman–Crippen MR) is 66.5 cm³/mol. The molecule has 1 unspecified atom stereocenters. The topological polar surface area (TPSA) is 38.9 Å². The molecule has 0 saturated heterocycles. The van der Waals surface area contributed by atoms with E-state index in [1.54, 1.807) is 12.4 Å². The Labute approximate surface area is 100 Å². The number of benzene rings is 1. The number of halogens is 1. The number of aromatic nitrogens is 1. The highest BCUT2D eigenvalue weighted by atomic mass is 35.5. The third-order valence-electron chi connectivity index (χ3n) is 2.53. The molecule has 2 aromatic rings. The van der Waals surface area contributed by atoms with Crippen LogP contribution >= 0.6 is 11.6 Å². The molecular weight excluding hydrogens is 220 g/mol. The standard InChI is InChI=1S/C13H13ClN2/c1-9-4-5-11(12(14)7-9)13(15)10-3-2-6-16-8-10/h2-8,13H,15H2,1H3. The highest BCUT2D eigenvalue weighted by Crippen LogP contribution is 2.26. The van der Waals surface area contributed by atoms with Crippen LogP contribution in [0.15, 0.2) is 42.7 Å². The monoisotopic (exact) mass is 232 g/mol. The molecule has 2 rings (SSSR count). The van der Waals surface area contributed by atoms with E-state index in [4.69, 9.17) is 17.3 Å². The molecule has 0 aliphatic carbocycles. The number of rotatable bonds is 2. The summed E-state index contributed by atoms with van der Waals surface area (Å²) in [7, 11) is 0. The number of pyridine rings is 1. The molecule has 0 amide bonds. The van der Waals surface area contributed by atoms with E-state index in [0.29, 0.717) is 5.02 Å². The molecule has 2 N–H and O–H groups in total. The van der Waals surface area contributed by atoms with E-state index in [-0.39, 0.29) is 6.04 Å². The lowest BCUT2D eigenvalue weighted by molar-refractivity contribution is 0.863. The Morgan fingerprint density at radius 2 is 2.12 bits per heavy atom. The molecule has 3 heteroatoms. The Kier molecular flexibility index (Phi) is 3.22. The van der Waals surface area contributed by atoms with E-state index in [0.717, 1.165) is 16.7 Å². The Morgan fingerprint density at radius 3 is 2.75 bits per heavy atom. The molecule has 0 spiro atoms. The summed E-state index contributed by atoms with van der Waals surface area (Å²) >= 11 is 6.17. The number of nitrogens with zero attached hydrogens (tertiary/aromatic N) is 1. The van der Waals surface area contributed by atoms with Crippen molar-refractivity contribution in [2.75, 3.05) is 0 Å². The fourth-order valence-corrected chi connectivity index (χ4v) is 1.98. The molecule has 0 bridgehead atoms. The van der Waals surface area contributed by atoms with Crippen molar-refractivity contribution in [3.05, 3.63) is 64.4 Å². The van der Waals surface area contributed by atoms with Gasteiger partial charge >= 0.3 is 0 Å². The highest BCUT2D eigenvalue weighted by Gasteiger charge is 2.12. The van der Waals surface area contributed by atoms with Crippen LogP contribution in [0, 0.1) is 6.92 Å². The summed E-state index contributed by atoms with van der Waals surface area (Å²) in [6.07, 6.45) is 3.49. The first-order chi connectivity index (χ1) is 7.68. The van der Waals surface area contributed by atoms with Crippen molar-refractivity contribution in [3.8, 4) is 0 Å². The van der Waals surface area contributed by atoms with Gasteiger partial charge in [0.25, 0.3) is 0 Å². The van der Waals surface area contributed by atoms with Gasteiger partial charge in [0.05, 0.1) is 6.04 Å². The van der Waals surface area contributed by atoms with Gasteiger partial charge in [0, 0.05) is 17.4 Å².